The van der Waals surface area contributed by atoms with E-state index in [0.29, 0.717) is 26.0 Å². The maximum Gasteiger partial charge on any atom is 0.328 e. The van der Waals surface area contributed by atoms with Crippen LogP contribution < -0.4 is 11.1 Å². The molecule has 1 atom stereocenters. The van der Waals surface area contributed by atoms with E-state index < -0.39 is 6.04 Å². The van der Waals surface area contributed by atoms with Gasteiger partial charge in [0, 0.05) is 6.42 Å². The van der Waals surface area contributed by atoms with Crippen molar-refractivity contribution in [3.63, 3.8) is 0 Å². The van der Waals surface area contributed by atoms with E-state index in [2.05, 4.69) is 12.2 Å². The zero-order valence-corrected chi connectivity index (χ0v) is 22.7. The van der Waals surface area contributed by atoms with Gasteiger partial charge in [0.2, 0.25) is 5.91 Å². The van der Waals surface area contributed by atoms with E-state index >= 15 is 0 Å². The fourth-order valence-electron chi connectivity index (χ4n) is 3.97. The van der Waals surface area contributed by atoms with E-state index in [0.717, 1.165) is 32.1 Å². The van der Waals surface area contributed by atoms with Crippen molar-refractivity contribution in [1.29, 1.82) is 0 Å². The van der Waals surface area contributed by atoms with Gasteiger partial charge in [-0.1, -0.05) is 104 Å². The second-order valence-corrected chi connectivity index (χ2v) is 9.27. The highest BCUT2D eigenvalue weighted by molar-refractivity contribution is 5.85. The molecule has 6 heteroatoms. The first kappa shape index (κ1) is 34.4. The van der Waals surface area contributed by atoms with Crippen LogP contribution in [0.3, 0.4) is 0 Å². The SMILES string of the molecule is CCCCCCCCCCCCCCCCCC(=O)N[C@@H](CCCCN)C(=O)OCCC.Cl. The summed E-state index contributed by atoms with van der Waals surface area (Å²) in [6, 6.07) is -0.531. The van der Waals surface area contributed by atoms with Crippen molar-refractivity contribution in [2.45, 2.75) is 148 Å². The van der Waals surface area contributed by atoms with E-state index in [9.17, 15) is 9.59 Å². The van der Waals surface area contributed by atoms with E-state index in [1.165, 1.54) is 83.5 Å². The molecule has 0 saturated carbocycles. The molecule has 198 valence electrons. The molecule has 0 aromatic carbocycles. The van der Waals surface area contributed by atoms with E-state index in [-0.39, 0.29) is 24.3 Å². The number of nitrogens with one attached hydrogen (secondary N) is 1. The lowest BCUT2D eigenvalue weighted by atomic mass is 10.0. The van der Waals surface area contributed by atoms with E-state index in [1.54, 1.807) is 0 Å². The molecule has 0 aliphatic rings. The smallest absolute Gasteiger partial charge is 0.328 e. The Kier molecular flexibility index (Phi) is 28.6. The Morgan fingerprint density at radius 3 is 1.64 bits per heavy atom. The largest absolute Gasteiger partial charge is 0.464 e. The Balaban J connectivity index is 0. The minimum Gasteiger partial charge on any atom is -0.464 e. The van der Waals surface area contributed by atoms with Crippen LogP contribution in [-0.4, -0.2) is 31.1 Å². The summed E-state index contributed by atoms with van der Waals surface area (Å²) in [7, 11) is 0. The Morgan fingerprint density at radius 1 is 0.697 bits per heavy atom. The van der Waals surface area contributed by atoms with Gasteiger partial charge in [-0.2, -0.15) is 0 Å². The van der Waals surface area contributed by atoms with Crippen molar-refractivity contribution in [1.82, 2.24) is 5.32 Å². The summed E-state index contributed by atoms with van der Waals surface area (Å²) in [6.07, 6.45) is 23.2. The summed E-state index contributed by atoms with van der Waals surface area (Å²) in [6.45, 7) is 5.24. The standard InChI is InChI=1S/C27H54N2O3.ClH/c1-3-5-6-7-8-9-10-11-12-13-14-15-16-17-18-22-26(30)29-25(21-19-20-23-28)27(31)32-24-4-2;/h25H,3-24,28H2,1-2H3,(H,29,30);1H/t25-;/m0./s1. The maximum absolute atomic E-state index is 12.3. The third-order valence-electron chi connectivity index (χ3n) is 6.02. The van der Waals surface area contributed by atoms with Gasteiger partial charge in [0.15, 0.2) is 0 Å². The number of unbranched alkanes of at least 4 members (excludes halogenated alkanes) is 15. The van der Waals surface area contributed by atoms with Crippen molar-refractivity contribution in [2.24, 2.45) is 5.73 Å². The molecule has 3 N–H and O–H groups in total. The molecule has 0 aromatic rings. The van der Waals surface area contributed by atoms with Gasteiger partial charge in [-0.15, -0.1) is 12.4 Å². The van der Waals surface area contributed by atoms with Crippen LogP contribution in [0.5, 0.6) is 0 Å². The molecule has 0 rings (SSSR count). The highest BCUT2D eigenvalue weighted by Crippen LogP contribution is 2.14. The molecule has 0 spiro atoms. The molecule has 33 heavy (non-hydrogen) atoms. The molecule has 0 saturated heterocycles. The lowest BCUT2D eigenvalue weighted by Crippen LogP contribution is -2.42. The lowest BCUT2D eigenvalue weighted by Gasteiger charge is -2.17. The second kappa shape index (κ2) is 27.4. The number of amides is 1. The average molecular weight is 491 g/mol. The molecule has 1 amide bonds. The van der Waals surface area contributed by atoms with Crippen LogP contribution in [0, 0.1) is 0 Å². The minimum atomic E-state index is -0.531. The summed E-state index contributed by atoms with van der Waals surface area (Å²) in [5.41, 5.74) is 5.54. The highest BCUT2D eigenvalue weighted by Gasteiger charge is 2.21. The zero-order valence-electron chi connectivity index (χ0n) is 21.8. The predicted molar refractivity (Wildman–Crippen MR) is 143 cm³/mol. The molecule has 0 aromatic heterocycles. The summed E-state index contributed by atoms with van der Waals surface area (Å²) >= 11 is 0. The van der Waals surface area contributed by atoms with Crippen LogP contribution in [0.1, 0.15) is 142 Å². The van der Waals surface area contributed by atoms with Gasteiger partial charge in [0.05, 0.1) is 6.61 Å². The molecule has 0 radical (unpaired) electrons. The Hall–Kier alpha value is -0.810. The summed E-state index contributed by atoms with van der Waals surface area (Å²) in [5, 5.41) is 2.88. The number of esters is 1. The molecule has 0 aliphatic carbocycles. The molecule has 0 heterocycles. The fraction of sp³-hybridized carbons (Fsp3) is 0.926. The van der Waals surface area contributed by atoms with Gasteiger partial charge in [0.25, 0.3) is 0 Å². The van der Waals surface area contributed by atoms with Crippen molar-refractivity contribution in [3.05, 3.63) is 0 Å². The molecule has 0 unspecified atom stereocenters. The van der Waals surface area contributed by atoms with Gasteiger partial charge in [-0.25, -0.2) is 4.79 Å². The van der Waals surface area contributed by atoms with Crippen LogP contribution in [0.25, 0.3) is 0 Å². The molecule has 0 aliphatic heterocycles. The first-order valence-corrected chi connectivity index (χ1v) is 13.8. The highest BCUT2D eigenvalue weighted by atomic mass is 35.5. The predicted octanol–water partition coefficient (Wildman–Crippen LogP) is 7.24. The third kappa shape index (κ3) is 24.1. The topological polar surface area (TPSA) is 81.4 Å². The summed E-state index contributed by atoms with van der Waals surface area (Å²) in [5.74, 6) is -0.348. The van der Waals surface area contributed by atoms with Gasteiger partial charge < -0.3 is 15.8 Å². The quantitative estimate of drug-likeness (QED) is 0.110. The van der Waals surface area contributed by atoms with Gasteiger partial charge >= 0.3 is 5.97 Å². The van der Waals surface area contributed by atoms with Crippen molar-refractivity contribution in [2.75, 3.05) is 13.2 Å². The number of carbonyl (C=O) groups excluding carboxylic acids is 2. The van der Waals surface area contributed by atoms with Crippen molar-refractivity contribution < 1.29 is 14.3 Å². The number of rotatable bonds is 24. The van der Waals surface area contributed by atoms with Gasteiger partial charge in [-0.05, 0) is 38.6 Å². The Labute approximate surface area is 211 Å². The third-order valence-corrected chi connectivity index (χ3v) is 6.02. The summed E-state index contributed by atoms with van der Waals surface area (Å²) in [4.78, 5) is 24.4. The first-order valence-electron chi connectivity index (χ1n) is 13.8. The molecule has 5 nitrogen and oxygen atoms in total. The number of ether oxygens (including phenoxy) is 1. The lowest BCUT2D eigenvalue weighted by molar-refractivity contribution is -0.148. The van der Waals surface area contributed by atoms with Crippen molar-refractivity contribution >= 4 is 24.3 Å². The summed E-state index contributed by atoms with van der Waals surface area (Å²) < 4.78 is 5.23. The van der Waals surface area contributed by atoms with E-state index in [1.807, 2.05) is 6.92 Å². The number of carbonyl (C=O) groups is 2. The van der Waals surface area contributed by atoms with Gasteiger partial charge in [-0.3, -0.25) is 4.79 Å². The van der Waals surface area contributed by atoms with Crippen LogP contribution in [-0.2, 0) is 14.3 Å². The maximum atomic E-state index is 12.3. The van der Waals surface area contributed by atoms with Crippen LogP contribution in [0.4, 0.5) is 0 Å². The number of hydrogen-bond acceptors (Lipinski definition) is 4. The monoisotopic (exact) mass is 490 g/mol. The zero-order chi connectivity index (χ0) is 23.7. The number of hydrogen-bond donors (Lipinski definition) is 2. The average Bonchev–Trinajstić information content (AvgIpc) is 2.79. The van der Waals surface area contributed by atoms with Crippen molar-refractivity contribution in [3.8, 4) is 0 Å². The molecular weight excluding hydrogens is 436 g/mol. The van der Waals surface area contributed by atoms with Crippen LogP contribution in [0.2, 0.25) is 0 Å². The molecular formula is C27H55ClN2O3. The molecule has 0 bridgehead atoms. The number of halogens is 1. The Morgan fingerprint density at radius 2 is 1.18 bits per heavy atom. The Bertz CT molecular complexity index is 436. The van der Waals surface area contributed by atoms with Gasteiger partial charge in [0.1, 0.15) is 6.04 Å². The molecule has 0 fully saturated rings. The van der Waals surface area contributed by atoms with Crippen LogP contribution in [0.15, 0.2) is 0 Å². The fourth-order valence-corrected chi connectivity index (χ4v) is 3.97. The first-order chi connectivity index (χ1) is 15.7. The second-order valence-electron chi connectivity index (χ2n) is 9.27. The number of nitrogens with two attached hydrogens (primary N) is 1. The normalized spacial score (nSPS) is 11.6. The van der Waals surface area contributed by atoms with E-state index in [4.69, 9.17) is 10.5 Å². The van der Waals surface area contributed by atoms with Crippen LogP contribution >= 0.6 is 12.4 Å². The minimum absolute atomic E-state index is 0.